The molecule has 0 atom stereocenters. The van der Waals surface area contributed by atoms with Crippen molar-refractivity contribution in [3.8, 4) is 5.75 Å². The van der Waals surface area contributed by atoms with Crippen LogP contribution in [0.5, 0.6) is 5.75 Å². The Hall–Kier alpha value is -0.700. The molecule has 0 aliphatic rings. The molecule has 0 radical (unpaired) electrons. The summed E-state index contributed by atoms with van der Waals surface area (Å²) >= 11 is 3.34. The lowest BCUT2D eigenvalue weighted by Gasteiger charge is -2.13. The zero-order valence-corrected chi connectivity index (χ0v) is 9.73. The van der Waals surface area contributed by atoms with Gasteiger partial charge in [0.1, 0.15) is 5.75 Å². The molecule has 0 aliphatic heterocycles. The van der Waals surface area contributed by atoms with Crippen molar-refractivity contribution in [2.45, 2.75) is 13.8 Å². The monoisotopic (exact) mass is 243 g/mol. The second kappa shape index (κ2) is 4.51. The molecule has 0 bridgehead atoms. The van der Waals surface area contributed by atoms with Gasteiger partial charge in [0.2, 0.25) is 0 Å². The van der Waals surface area contributed by atoms with E-state index in [4.69, 9.17) is 4.74 Å². The average Bonchev–Trinajstić information content (AvgIpc) is 2.09. The molecule has 13 heavy (non-hydrogen) atoms. The SMILES string of the molecule is COc1cc(C)cc(C)c1NCBr. The number of rotatable bonds is 3. The predicted octanol–water partition coefficient (Wildman–Crippen LogP) is 3.08. The van der Waals surface area contributed by atoms with E-state index in [1.54, 1.807) is 7.11 Å². The Morgan fingerprint density at radius 2 is 2.08 bits per heavy atom. The molecule has 0 amide bonds. The number of alkyl halides is 1. The standard InChI is InChI=1S/C10H14BrNO/c1-7-4-8(2)10(12-6-11)9(5-7)13-3/h4-5,12H,6H2,1-3H3. The van der Waals surface area contributed by atoms with Crippen molar-refractivity contribution < 1.29 is 4.74 Å². The van der Waals surface area contributed by atoms with Crippen LogP contribution in [0, 0.1) is 13.8 Å². The van der Waals surface area contributed by atoms with E-state index in [2.05, 4.69) is 41.2 Å². The summed E-state index contributed by atoms with van der Waals surface area (Å²) in [6.45, 7) is 4.13. The molecule has 0 aliphatic carbocycles. The molecule has 1 N–H and O–H groups in total. The summed E-state index contributed by atoms with van der Waals surface area (Å²) in [7, 11) is 1.69. The number of hydrogen-bond acceptors (Lipinski definition) is 2. The van der Waals surface area contributed by atoms with Crippen LogP contribution in [0.4, 0.5) is 5.69 Å². The van der Waals surface area contributed by atoms with Crippen LogP contribution in [0.3, 0.4) is 0 Å². The normalized spacial score (nSPS) is 9.85. The number of anilines is 1. The Balaban J connectivity index is 3.13. The van der Waals surface area contributed by atoms with Crippen LogP contribution in [-0.4, -0.2) is 12.6 Å². The highest BCUT2D eigenvalue weighted by atomic mass is 79.9. The maximum atomic E-state index is 5.28. The van der Waals surface area contributed by atoms with Gasteiger partial charge in [0.15, 0.2) is 0 Å². The van der Waals surface area contributed by atoms with E-state index in [0.717, 1.165) is 16.9 Å². The molecular weight excluding hydrogens is 230 g/mol. The van der Waals surface area contributed by atoms with Crippen LogP contribution in [0.2, 0.25) is 0 Å². The van der Waals surface area contributed by atoms with E-state index < -0.39 is 0 Å². The van der Waals surface area contributed by atoms with Gasteiger partial charge in [-0.2, -0.15) is 0 Å². The van der Waals surface area contributed by atoms with Crippen LogP contribution in [0.1, 0.15) is 11.1 Å². The van der Waals surface area contributed by atoms with Crippen molar-refractivity contribution in [3.63, 3.8) is 0 Å². The number of hydrogen-bond donors (Lipinski definition) is 1. The molecule has 0 spiro atoms. The Bertz CT molecular complexity index is 299. The van der Waals surface area contributed by atoms with E-state index in [0.29, 0.717) is 0 Å². The van der Waals surface area contributed by atoms with Gasteiger partial charge < -0.3 is 10.1 Å². The first-order chi connectivity index (χ1) is 6.19. The molecule has 0 unspecified atom stereocenters. The fourth-order valence-electron chi connectivity index (χ4n) is 1.38. The van der Waals surface area contributed by atoms with Crippen LogP contribution in [0.25, 0.3) is 0 Å². The smallest absolute Gasteiger partial charge is 0.142 e. The van der Waals surface area contributed by atoms with E-state index in [-0.39, 0.29) is 0 Å². The Morgan fingerprint density at radius 3 is 2.62 bits per heavy atom. The topological polar surface area (TPSA) is 21.3 Å². The Morgan fingerprint density at radius 1 is 1.38 bits per heavy atom. The Kier molecular flexibility index (Phi) is 3.60. The number of aryl methyl sites for hydroxylation is 2. The van der Waals surface area contributed by atoms with E-state index in [1.807, 2.05) is 6.07 Å². The highest BCUT2D eigenvalue weighted by Crippen LogP contribution is 2.29. The van der Waals surface area contributed by atoms with Crippen molar-refractivity contribution >= 4 is 21.6 Å². The third-order valence-corrected chi connectivity index (χ3v) is 2.19. The highest BCUT2D eigenvalue weighted by Gasteiger charge is 2.05. The number of halogens is 1. The van der Waals surface area contributed by atoms with Crippen molar-refractivity contribution in [2.75, 3.05) is 17.9 Å². The van der Waals surface area contributed by atoms with Gasteiger partial charge in [0.25, 0.3) is 0 Å². The first-order valence-corrected chi connectivity index (χ1v) is 5.26. The van der Waals surface area contributed by atoms with Crippen LogP contribution in [0.15, 0.2) is 12.1 Å². The molecule has 1 rings (SSSR count). The second-order valence-corrected chi connectivity index (χ2v) is 3.53. The van der Waals surface area contributed by atoms with E-state index in [1.165, 1.54) is 11.1 Å². The minimum atomic E-state index is 0.729. The van der Waals surface area contributed by atoms with Gasteiger partial charge in [0.05, 0.1) is 18.3 Å². The number of ether oxygens (including phenoxy) is 1. The third kappa shape index (κ3) is 2.37. The number of benzene rings is 1. The van der Waals surface area contributed by atoms with Gasteiger partial charge in [-0.1, -0.05) is 22.0 Å². The van der Waals surface area contributed by atoms with Crippen LogP contribution in [-0.2, 0) is 0 Å². The van der Waals surface area contributed by atoms with Gasteiger partial charge in [-0.15, -0.1) is 0 Å². The zero-order chi connectivity index (χ0) is 9.84. The number of nitrogens with one attached hydrogen (secondary N) is 1. The first kappa shape index (κ1) is 10.4. The summed E-state index contributed by atoms with van der Waals surface area (Å²) in [4.78, 5) is 0. The molecule has 0 saturated heterocycles. The summed E-state index contributed by atoms with van der Waals surface area (Å²) in [6.07, 6.45) is 0. The maximum absolute atomic E-state index is 5.28. The summed E-state index contributed by atoms with van der Waals surface area (Å²) in [5.41, 5.74) is 4.21. The van der Waals surface area contributed by atoms with Crippen LogP contribution < -0.4 is 10.1 Å². The molecule has 3 heteroatoms. The fourth-order valence-corrected chi connectivity index (χ4v) is 1.66. The highest BCUT2D eigenvalue weighted by molar-refractivity contribution is 9.09. The molecule has 2 nitrogen and oxygen atoms in total. The van der Waals surface area contributed by atoms with Gasteiger partial charge in [-0.3, -0.25) is 0 Å². The summed E-state index contributed by atoms with van der Waals surface area (Å²) < 4.78 is 5.28. The van der Waals surface area contributed by atoms with Crippen molar-refractivity contribution in [1.82, 2.24) is 0 Å². The fraction of sp³-hybridized carbons (Fsp3) is 0.400. The lowest BCUT2D eigenvalue weighted by molar-refractivity contribution is 0.416. The quantitative estimate of drug-likeness (QED) is 0.651. The lowest BCUT2D eigenvalue weighted by atomic mass is 10.1. The van der Waals surface area contributed by atoms with Crippen molar-refractivity contribution in [3.05, 3.63) is 23.3 Å². The third-order valence-electron chi connectivity index (χ3n) is 1.91. The van der Waals surface area contributed by atoms with Gasteiger partial charge in [-0.05, 0) is 31.0 Å². The molecule has 1 aromatic rings. The Labute approximate surface area is 87.4 Å². The van der Waals surface area contributed by atoms with Crippen LogP contribution >= 0.6 is 15.9 Å². The average molecular weight is 244 g/mol. The van der Waals surface area contributed by atoms with Crippen molar-refractivity contribution in [1.29, 1.82) is 0 Å². The predicted molar refractivity (Wildman–Crippen MR) is 59.9 cm³/mol. The largest absolute Gasteiger partial charge is 0.495 e. The summed E-state index contributed by atoms with van der Waals surface area (Å²) in [5, 5.41) is 3.21. The molecule has 0 heterocycles. The minimum absolute atomic E-state index is 0.729. The molecule has 0 fully saturated rings. The van der Waals surface area contributed by atoms with E-state index >= 15 is 0 Å². The second-order valence-electron chi connectivity index (χ2n) is 2.97. The number of methoxy groups -OCH3 is 1. The molecular formula is C10H14BrNO. The van der Waals surface area contributed by atoms with Crippen molar-refractivity contribution in [2.24, 2.45) is 0 Å². The zero-order valence-electron chi connectivity index (χ0n) is 8.15. The molecule has 0 aromatic heterocycles. The van der Waals surface area contributed by atoms with Gasteiger partial charge in [0, 0.05) is 0 Å². The minimum Gasteiger partial charge on any atom is -0.495 e. The summed E-state index contributed by atoms with van der Waals surface area (Å²) in [5.74, 6) is 0.900. The lowest BCUT2D eigenvalue weighted by Crippen LogP contribution is -2.00. The molecule has 0 saturated carbocycles. The summed E-state index contributed by atoms with van der Waals surface area (Å²) in [6, 6.07) is 4.16. The first-order valence-electron chi connectivity index (χ1n) is 4.14. The van der Waals surface area contributed by atoms with Gasteiger partial charge >= 0.3 is 0 Å². The molecule has 72 valence electrons. The van der Waals surface area contributed by atoms with E-state index in [9.17, 15) is 0 Å². The maximum Gasteiger partial charge on any atom is 0.142 e. The molecule has 1 aromatic carbocycles. The van der Waals surface area contributed by atoms with Gasteiger partial charge in [-0.25, -0.2) is 0 Å².